The molecular weight excluding hydrogens is 536 g/mol. The van der Waals surface area contributed by atoms with E-state index in [4.69, 9.17) is 4.74 Å². The monoisotopic (exact) mass is 562 g/mol. The molecule has 0 radical (unpaired) electrons. The van der Waals surface area contributed by atoms with Gasteiger partial charge in [-0.05, 0) is 61.8 Å². The van der Waals surface area contributed by atoms with Crippen molar-refractivity contribution < 1.29 is 17.9 Å². The van der Waals surface area contributed by atoms with E-state index in [1.54, 1.807) is 6.07 Å². The maximum atomic E-state index is 14.0. The summed E-state index contributed by atoms with van der Waals surface area (Å²) in [5, 5.41) is 4.15. The molecule has 0 spiro atoms. The molecule has 0 bridgehead atoms. The molecule has 0 saturated heterocycles. The van der Waals surface area contributed by atoms with Gasteiger partial charge < -0.3 is 4.74 Å². The first-order chi connectivity index (χ1) is 20.0. The molecule has 0 aromatic heterocycles. The molecule has 0 fully saturated rings. The molecule has 0 saturated carbocycles. The van der Waals surface area contributed by atoms with Crippen molar-refractivity contribution in [2.45, 2.75) is 12.8 Å². The van der Waals surface area contributed by atoms with Crippen molar-refractivity contribution in [1.82, 2.24) is 0 Å². The molecule has 1 unspecified atom stereocenters. The Morgan fingerprint density at radius 3 is 1.98 bits per heavy atom. The number of fused-ring (bicyclic) bond motifs is 1. The predicted molar refractivity (Wildman–Crippen MR) is 165 cm³/mol. The van der Waals surface area contributed by atoms with E-state index < -0.39 is 11.7 Å². The SMILES string of the molecule is FC(F)(F)c1ccc(-c2ccc(Pc3ccccc3)cc2)c(-c2c(OCc3ccccc3)ccc3ccccc23)c1. The lowest BCUT2D eigenvalue weighted by Gasteiger charge is -2.19. The topological polar surface area (TPSA) is 9.23 Å². The summed E-state index contributed by atoms with van der Waals surface area (Å²) in [6.07, 6.45) is -4.48. The first-order valence-electron chi connectivity index (χ1n) is 13.3. The summed E-state index contributed by atoms with van der Waals surface area (Å²) >= 11 is 0. The molecule has 0 aliphatic carbocycles. The van der Waals surface area contributed by atoms with Gasteiger partial charge in [0, 0.05) is 5.56 Å². The Labute approximate surface area is 239 Å². The van der Waals surface area contributed by atoms with Crippen LogP contribution in [0.3, 0.4) is 0 Å². The van der Waals surface area contributed by atoms with Gasteiger partial charge in [-0.2, -0.15) is 13.2 Å². The van der Waals surface area contributed by atoms with Crippen molar-refractivity contribution in [3.63, 3.8) is 0 Å². The zero-order valence-corrected chi connectivity index (χ0v) is 23.0. The van der Waals surface area contributed by atoms with Crippen LogP contribution >= 0.6 is 8.58 Å². The molecule has 0 N–H and O–H groups in total. The van der Waals surface area contributed by atoms with E-state index in [-0.39, 0.29) is 0 Å². The van der Waals surface area contributed by atoms with Gasteiger partial charge in [-0.25, -0.2) is 0 Å². The van der Waals surface area contributed by atoms with Gasteiger partial charge in [-0.3, -0.25) is 0 Å². The van der Waals surface area contributed by atoms with E-state index in [2.05, 4.69) is 24.3 Å². The molecule has 0 amide bonds. The zero-order chi connectivity index (χ0) is 28.2. The van der Waals surface area contributed by atoms with Crippen LogP contribution in [0, 0.1) is 0 Å². The highest BCUT2D eigenvalue weighted by molar-refractivity contribution is 7.55. The van der Waals surface area contributed by atoms with Crippen molar-refractivity contribution in [1.29, 1.82) is 0 Å². The summed E-state index contributed by atoms with van der Waals surface area (Å²) in [6, 6.07) is 43.6. The average molecular weight is 563 g/mol. The molecule has 6 aromatic rings. The first-order valence-corrected chi connectivity index (χ1v) is 14.3. The van der Waals surface area contributed by atoms with Gasteiger partial charge in [-0.15, -0.1) is 0 Å². The molecule has 5 heteroatoms. The first kappa shape index (κ1) is 26.8. The van der Waals surface area contributed by atoms with Crippen LogP contribution in [0.4, 0.5) is 13.2 Å². The lowest BCUT2D eigenvalue weighted by molar-refractivity contribution is -0.137. The molecule has 1 nitrogen and oxygen atoms in total. The van der Waals surface area contributed by atoms with Gasteiger partial charge >= 0.3 is 6.18 Å². The summed E-state index contributed by atoms with van der Waals surface area (Å²) < 4.78 is 48.4. The highest BCUT2D eigenvalue weighted by Crippen LogP contribution is 2.44. The number of hydrogen-bond donors (Lipinski definition) is 0. The van der Waals surface area contributed by atoms with Gasteiger partial charge in [0.15, 0.2) is 0 Å². The van der Waals surface area contributed by atoms with Crippen LogP contribution in [0.15, 0.2) is 140 Å². The molecular formula is C36H26F3OP. The van der Waals surface area contributed by atoms with Crippen molar-refractivity contribution >= 4 is 30.0 Å². The van der Waals surface area contributed by atoms with Crippen LogP contribution < -0.4 is 15.3 Å². The summed E-state index contributed by atoms with van der Waals surface area (Å²) in [6.45, 7) is 0.301. The Balaban J connectivity index is 1.48. The Morgan fingerprint density at radius 2 is 1.24 bits per heavy atom. The fourth-order valence-corrected chi connectivity index (χ4v) is 6.01. The summed E-state index contributed by atoms with van der Waals surface area (Å²) in [4.78, 5) is 0. The third-order valence-electron chi connectivity index (χ3n) is 7.00. The lowest BCUT2D eigenvalue weighted by atomic mass is 9.89. The third-order valence-corrected chi connectivity index (χ3v) is 8.25. The second kappa shape index (κ2) is 11.6. The van der Waals surface area contributed by atoms with Gasteiger partial charge in [0.05, 0.1) is 5.56 Å². The zero-order valence-electron chi connectivity index (χ0n) is 22.0. The Kier molecular flexibility index (Phi) is 7.59. The van der Waals surface area contributed by atoms with Crippen LogP contribution in [-0.2, 0) is 12.8 Å². The van der Waals surface area contributed by atoms with Crippen molar-refractivity contribution in [2.24, 2.45) is 0 Å². The summed E-state index contributed by atoms with van der Waals surface area (Å²) in [7, 11) is 0.493. The largest absolute Gasteiger partial charge is 0.488 e. The van der Waals surface area contributed by atoms with Crippen LogP contribution in [0.5, 0.6) is 5.75 Å². The molecule has 6 rings (SSSR count). The fourth-order valence-electron chi connectivity index (χ4n) is 4.99. The van der Waals surface area contributed by atoms with E-state index in [1.807, 2.05) is 97.1 Å². The summed E-state index contributed by atoms with van der Waals surface area (Å²) in [5.74, 6) is 0.537. The number of halogens is 3. The Bertz CT molecular complexity index is 1780. The Hall–Kier alpha value is -4.40. The van der Waals surface area contributed by atoms with E-state index in [0.29, 0.717) is 37.6 Å². The van der Waals surface area contributed by atoms with Gasteiger partial charge in [0.1, 0.15) is 12.4 Å². The molecule has 0 aliphatic heterocycles. The van der Waals surface area contributed by atoms with Crippen LogP contribution in [-0.4, -0.2) is 0 Å². The fraction of sp³-hybridized carbons (Fsp3) is 0.0556. The number of ether oxygens (including phenoxy) is 1. The van der Waals surface area contributed by atoms with E-state index >= 15 is 0 Å². The number of rotatable bonds is 7. The minimum Gasteiger partial charge on any atom is -0.488 e. The van der Waals surface area contributed by atoms with Crippen molar-refractivity contribution in [2.75, 3.05) is 0 Å². The number of benzene rings is 6. The second-order valence-corrected chi connectivity index (χ2v) is 11.2. The van der Waals surface area contributed by atoms with Crippen LogP contribution in [0.25, 0.3) is 33.0 Å². The maximum absolute atomic E-state index is 14.0. The quantitative estimate of drug-likeness (QED) is 0.176. The average Bonchev–Trinajstić information content (AvgIpc) is 3.00. The van der Waals surface area contributed by atoms with Gasteiger partial charge in [-0.1, -0.05) is 130 Å². The molecule has 6 aromatic carbocycles. The molecule has 1 atom stereocenters. The summed E-state index contributed by atoms with van der Waals surface area (Å²) in [5.41, 5.74) is 2.98. The number of alkyl halides is 3. The highest BCUT2D eigenvalue weighted by Gasteiger charge is 2.32. The van der Waals surface area contributed by atoms with Gasteiger partial charge in [0.25, 0.3) is 0 Å². The third kappa shape index (κ3) is 6.04. The van der Waals surface area contributed by atoms with Crippen molar-refractivity contribution in [3.05, 3.63) is 151 Å². The smallest absolute Gasteiger partial charge is 0.416 e. The van der Waals surface area contributed by atoms with E-state index in [1.165, 1.54) is 11.4 Å². The predicted octanol–water partition coefficient (Wildman–Crippen LogP) is 9.40. The van der Waals surface area contributed by atoms with Gasteiger partial charge in [0.2, 0.25) is 0 Å². The lowest BCUT2D eigenvalue weighted by Crippen LogP contribution is -2.06. The normalized spacial score (nSPS) is 11.8. The van der Waals surface area contributed by atoms with Crippen molar-refractivity contribution in [3.8, 4) is 28.0 Å². The number of hydrogen-bond acceptors (Lipinski definition) is 1. The van der Waals surface area contributed by atoms with E-state index in [0.717, 1.165) is 33.3 Å². The molecule has 0 heterocycles. The molecule has 0 aliphatic rings. The molecule has 41 heavy (non-hydrogen) atoms. The standard InChI is InChI=1S/C36H26F3OP/c37-36(38,39)28-18-21-31(27-15-19-30(20-16-27)41-29-12-5-2-6-13-29)33(23-28)35-32-14-8-7-11-26(32)17-22-34(35)40-24-25-9-3-1-4-10-25/h1-23,41H,24H2. The van der Waals surface area contributed by atoms with Crippen LogP contribution in [0.1, 0.15) is 11.1 Å². The van der Waals surface area contributed by atoms with E-state index in [9.17, 15) is 13.2 Å². The molecule has 202 valence electrons. The second-order valence-electron chi connectivity index (χ2n) is 9.76. The Morgan fingerprint density at radius 1 is 0.585 bits per heavy atom. The minimum absolute atomic E-state index is 0.301. The maximum Gasteiger partial charge on any atom is 0.416 e. The van der Waals surface area contributed by atoms with Crippen LogP contribution in [0.2, 0.25) is 0 Å². The minimum atomic E-state index is -4.48. The highest BCUT2D eigenvalue weighted by atomic mass is 31.1.